The molecule has 2 aliphatic carbocycles. The molecule has 5 unspecified atom stereocenters. The molecule has 12 heteroatoms. The van der Waals surface area contributed by atoms with E-state index in [9.17, 15) is 28.8 Å². The maximum absolute atomic E-state index is 14.5. The predicted molar refractivity (Wildman–Crippen MR) is 193 cm³/mol. The summed E-state index contributed by atoms with van der Waals surface area (Å²) in [6.07, 6.45) is 3.70. The highest BCUT2D eigenvalue weighted by Gasteiger charge is 2.70. The fourth-order valence-electron chi connectivity index (χ4n) is 7.76. The molecular weight excluding hydrogens is 648 g/mol. The number of carbonyl (C=O) groups is 6. The van der Waals surface area contributed by atoms with Crippen molar-refractivity contribution in [2.75, 3.05) is 19.6 Å². The SMILES string of the molecule is C=CCNC(=O)C(=O)C(CC1CC1)NC(=O)C1C2C(CN1C(=O)[C@@H](NC(=O)NC(CN1Cc3ccccc3C1=O)C(C)(C)C)C(C)(C)C)C2(C)C. The van der Waals surface area contributed by atoms with Crippen LogP contribution in [-0.4, -0.2) is 89.0 Å². The number of likely N-dealkylation sites (tertiary alicyclic amines) is 1. The Labute approximate surface area is 301 Å². The molecule has 0 spiro atoms. The molecule has 4 N–H and O–H groups in total. The minimum absolute atomic E-state index is 0.0764. The zero-order valence-corrected chi connectivity index (χ0v) is 31.4. The van der Waals surface area contributed by atoms with Gasteiger partial charge >= 0.3 is 6.03 Å². The van der Waals surface area contributed by atoms with E-state index >= 15 is 0 Å². The second-order valence-corrected chi connectivity index (χ2v) is 17.7. The summed E-state index contributed by atoms with van der Waals surface area (Å²) in [6, 6.07) is 3.67. The van der Waals surface area contributed by atoms with Gasteiger partial charge in [0.05, 0.1) is 12.1 Å². The van der Waals surface area contributed by atoms with E-state index in [2.05, 4.69) is 41.7 Å². The van der Waals surface area contributed by atoms with Gasteiger partial charge in [0.1, 0.15) is 12.1 Å². The minimum Gasteiger partial charge on any atom is -0.346 e. The lowest BCUT2D eigenvalue weighted by molar-refractivity contribution is -0.145. The van der Waals surface area contributed by atoms with Crippen LogP contribution >= 0.6 is 0 Å². The van der Waals surface area contributed by atoms with Crippen LogP contribution in [0.5, 0.6) is 0 Å². The molecule has 0 radical (unpaired) electrons. The number of benzene rings is 1. The van der Waals surface area contributed by atoms with Gasteiger partial charge in [0, 0.05) is 31.7 Å². The molecule has 0 aromatic heterocycles. The van der Waals surface area contributed by atoms with Crippen molar-refractivity contribution in [1.29, 1.82) is 0 Å². The molecule has 278 valence electrons. The van der Waals surface area contributed by atoms with E-state index in [1.807, 2.05) is 65.8 Å². The van der Waals surface area contributed by atoms with Crippen LogP contribution in [0.4, 0.5) is 4.79 Å². The number of urea groups is 1. The first-order valence-corrected chi connectivity index (χ1v) is 18.2. The quantitative estimate of drug-likeness (QED) is 0.182. The maximum Gasteiger partial charge on any atom is 0.315 e. The smallest absolute Gasteiger partial charge is 0.315 e. The molecule has 2 heterocycles. The highest BCUT2D eigenvalue weighted by atomic mass is 16.2. The number of nitrogens with zero attached hydrogens (tertiary/aromatic N) is 2. The number of rotatable bonds is 13. The first kappa shape index (κ1) is 38.0. The van der Waals surface area contributed by atoms with Crippen molar-refractivity contribution in [3.05, 3.63) is 48.0 Å². The summed E-state index contributed by atoms with van der Waals surface area (Å²) in [4.78, 5) is 84.6. The molecule has 1 aromatic rings. The lowest BCUT2D eigenvalue weighted by Gasteiger charge is -2.39. The van der Waals surface area contributed by atoms with Crippen molar-refractivity contribution >= 4 is 35.4 Å². The third-order valence-corrected chi connectivity index (χ3v) is 11.3. The Balaban J connectivity index is 1.31. The largest absolute Gasteiger partial charge is 0.346 e. The van der Waals surface area contributed by atoms with Crippen LogP contribution in [-0.2, 0) is 25.7 Å². The number of hydrogen-bond donors (Lipinski definition) is 4. The Morgan fingerprint density at radius 1 is 0.980 bits per heavy atom. The first-order chi connectivity index (χ1) is 23.7. The molecule has 4 aliphatic rings. The van der Waals surface area contributed by atoms with Crippen LogP contribution in [0.25, 0.3) is 0 Å². The van der Waals surface area contributed by atoms with Gasteiger partial charge in [-0.25, -0.2) is 4.79 Å². The lowest BCUT2D eigenvalue weighted by atomic mass is 9.85. The van der Waals surface area contributed by atoms with Crippen LogP contribution in [0, 0.1) is 34.0 Å². The highest BCUT2D eigenvalue weighted by molar-refractivity contribution is 6.38. The van der Waals surface area contributed by atoms with E-state index in [4.69, 9.17) is 0 Å². The van der Waals surface area contributed by atoms with Crippen LogP contribution in [0.2, 0.25) is 0 Å². The van der Waals surface area contributed by atoms with E-state index in [-0.39, 0.29) is 48.1 Å². The second-order valence-electron chi connectivity index (χ2n) is 17.7. The number of Topliss-reactive ketones (excluding diaryl/α,β-unsaturated/α-hetero) is 1. The number of hydrogen-bond acceptors (Lipinski definition) is 6. The highest BCUT2D eigenvalue weighted by Crippen LogP contribution is 2.65. The monoisotopic (exact) mass is 704 g/mol. The topological polar surface area (TPSA) is 157 Å². The van der Waals surface area contributed by atoms with E-state index in [1.165, 1.54) is 6.08 Å². The van der Waals surface area contributed by atoms with Gasteiger partial charge in [-0.05, 0) is 52.0 Å². The molecule has 1 aromatic carbocycles. The normalized spacial score (nSPS) is 23.7. The van der Waals surface area contributed by atoms with Gasteiger partial charge < -0.3 is 31.1 Å². The van der Waals surface area contributed by atoms with Crippen molar-refractivity contribution in [2.45, 2.75) is 105 Å². The van der Waals surface area contributed by atoms with Crippen LogP contribution in [0.1, 0.15) is 90.6 Å². The fraction of sp³-hybridized carbons (Fsp3) is 0.641. The van der Waals surface area contributed by atoms with Crippen molar-refractivity contribution in [3.8, 4) is 0 Å². The van der Waals surface area contributed by atoms with Gasteiger partial charge in [-0.1, -0.05) is 92.5 Å². The van der Waals surface area contributed by atoms with E-state index in [0.29, 0.717) is 25.1 Å². The number of amides is 6. The summed E-state index contributed by atoms with van der Waals surface area (Å²) in [6.45, 7) is 20.5. The number of nitrogens with one attached hydrogen (secondary N) is 4. The van der Waals surface area contributed by atoms with Gasteiger partial charge in [0.15, 0.2) is 0 Å². The molecule has 1 saturated heterocycles. The van der Waals surface area contributed by atoms with E-state index in [1.54, 1.807) is 9.80 Å². The Hall–Kier alpha value is -4.22. The van der Waals surface area contributed by atoms with Crippen LogP contribution < -0.4 is 21.3 Å². The van der Waals surface area contributed by atoms with Crippen molar-refractivity contribution in [2.24, 2.45) is 34.0 Å². The molecule has 2 saturated carbocycles. The Morgan fingerprint density at radius 3 is 2.24 bits per heavy atom. The summed E-state index contributed by atoms with van der Waals surface area (Å²) in [7, 11) is 0. The number of fused-ring (bicyclic) bond motifs is 2. The van der Waals surface area contributed by atoms with Crippen LogP contribution in [0.15, 0.2) is 36.9 Å². The second kappa shape index (κ2) is 14.1. The van der Waals surface area contributed by atoms with E-state index in [0.717, 1.165) is 18.4 Å². The van der Waals surface area contributed by atoms with Crippen molar-refractivity contribution < 1.29 is 28.8 Å². The zero-order chi connectivity index (χ0) is 37.6. The molecule has 3 fully saturated rings. The molecule has 5 rings (SSSR count). The predicted octanol–water partition coefficient (Wildman–Crippen LogP) is 3.41. The van der Waals surface area contributed by atoms with Crippen LogP contribution in [0.3, 0.4) is 0 Å². The number of carbonyl (C=O) groups excluding carboxylic acids is 6. The molecule has 12 nitrogen and oxygen atoms in total. The Kier molecular flexibility index (Phi) is 10.5. The molecular formula is C39H56N6O6. The fourth-order valence-corrected chi connectivity index (χ4v) is 7.76. The average Bonchev–Trinajstić information content (AvgIpc) is 3.85. The summed E-state index contributed by atoms with van der Waals surface area (Å²) < 4.78 is 0. The molecule has 6 amide bonds. The molecule has 6 atom stereocenters. The Bertz CT molecular complexity index is 1590. The standard InChI is InChI=1S/C39H56N6O6/c1-10-17-40-33(48)30(46)26(18-22-15-16-22)41-32(47)29-28-25(39(28,8)9)20-45(29)35(50)31(38(5,6)7)43-36(51)42-27(37(2,3)4)21-44-19-23-13-11-12-14-24(23)34(44)49/h10-14,22,25-29,31H,1,15-21H2,2-9H3,(H,40,48)(H,41,47)(H2,42,43,51)/t25?,26?,27?,28?,29?,31-/m1/s1. The van der Waals surface area contributed by atoms with Gasteiger partial charge in [0.2, 0.25) is 17.6 Å². The average molecular weight is 705 g/mol. The molecule has 51 heavy (non-hydrogen) atoms. The summed E-state index contributed by atoms with van der Waals surface area (Å²) >= 11 is 0. The van der Waals surface area contributed by atoms with Gasteiger partial charge in [-0.2, -0.15) is 0 Å². The van der Waals surface area contributed by atoms with Gasteiger partial charge in [-0.15, -0.1) is 6.58 Å². The third kappa shape index (κ3) is 8.15. The Morgan fingerprint density at radius 2 is 1.65 bits per heavy atom. The minimum atomic E-state index is -1.00. The third-order valence-electron chi connectivity index (χ3n) is 11.3. The first-order valence-electron chi connectivity index (χ1n) is 18.2. The zero-order valence-electron chi connectivity index (χ0n) is 31.4. The van der Waals surface area contributed by atoms with Gasteiger partial charge in [-0.3, -0.25) is 24.0 Å². The maximum atomic E-state index is 14.5. The lowest BCUT2D eigenvalue weighted by Crippen LogP contribution is -2.62. The molecule has 0 bridgehead atoms. The van der Waals surface area contributed by atoms with Gasteiger partial charge in [0.25, 0.3) is 11.8 Å². The number of piperidine rings is 1. The summed E-state index contributed by atoms with van der Waals surface area (Å²) in [5.41, 5.74) is 0.274. The summed E-state index contributed by atoms with van der Waals surface area (Å²) in [5.74, 6) is -2.21. The van der Waals surface area contributed by atoms with E-state index < -0.39 is 58.6 Å². The molecule has 2 aliphatic heterocycles. The summed E-state index contributed by atoms with van der Waals surface area (Å²) in [5, 5.41) is 11.4. The number of ketones is 1. The van der Waals surface area contributed by atoms with Crippen molar-refractivity contribution in [1.82, 2.24) is 31.1 Å². The van der Waals surface area contributed by atoms with Crippen molar-refractivity contribution in [3.63, 3.8) is 0 Å².